The number of carbonyl (C=O) groups excluding carboxylic acids is 1. The van der Waals surface area contributed by atoms with E-state index in [4.69, 9.17) is 17.3 Å². The highest BCUT2D eigenvalue weighted by Gasteiger charge is 2.33. The van der Waals surface area contributed by atoms with Crippen molar-refractivity contribution >= 4 is 51.9 Å². The molecule has 2 aromatic rings. The summed E-state index contributed by atoms with van der Waals surface area (Å²) in [6.45, 7) is 0. The Morgan fingerprint density at radius 3 is 2.62 bits per heavy atom. The first-order valence-corrected chi connectivity index (χ1v) is 8.27. The molecule has 1 saturated heterocycles. The summed E-state index contributed by atoms with van der Waals surface area (Å²) in [4.78, 5) is 29.5. The van der Waals surface area contributed by atoms with Gasteiger partial charge in [-0.3, -0.25) is 19.5 Å². The number of thioether (sulfide) groups is 1. The molecule has 1 fully saturated rings. The number of aromatic nitrogens is 1. The molecule has 2 heterocycles. The number of amides is 1. The van der Waals surface area contributed by atoms with E-state index in [9.17, 15) is 9.59 Å². The average molecular weight is 356 g/mol. The van der Waals surface area contributed by atoms with Gasteiger partial charge < -0.3 is 5.11 Å². The monoisotopic (exact) mass is 356 g/mol. The van der Waals surface area contributed by atoms with Gasteiger partial charge in [-0.05, 0) is 35.9 Å². The summed E-state index contributed by atoms with van der Waals surface area (Å²) in [6, 6.07) is 12.2. The number of carbonyl (C=O) groups is 2. The van der Waals surface area contributed by atoms with Gasteiger partial charge in [-0.1, -0.05) is 42.2 Å². The fraction of sp³-hybridized carbons (Fsp3) is 0.0588. The van der Waals surface area contributed by atoms with Crippen LogP contribution in [-0.2, 0) is 16.0 Å². The summed E-state index contributed by atoms with van der Waals surface area (Å²) in [5, 5.41) is 8.80. The summed E-state index contributed by atoms with van der Waals surface area (Å²) < 4.78 is 0.438. The predicted octanol–water partition coefficient (Wildman–Crippen LogP) is 3.11. The first-order valence-electron chi connectivity index (χ1n) is 7.04. The summed E-state index contributed by atoms with van der Waals surface area (Å²) >= 11 is 6.53. The fourth-order valence-corrected chi connectivity index (χ4v) is 3.51. The Kier molecular flexibility index (Phi) is 4.73. The molecule has 5 nitrogen and oxygen atoms in total. The molecule has 0 spiro atoms. The van der Waals surface area contributed by atoms with Gasteiger partial charge in [-0.15, -0.1) is 0 Å². The van der Waals surface area contributed by atoms with Gasteiger partial charge in [0.25, 0.3) is 5.91 Å². The van der Waals surface area contributed by atoms with E-state index >= 15 is 0 Å². The molecule has 0 bridgehead atoms. The molecular weight excluding hydrogens is 344 g/mol. The zero-order chi connectivity index (χ0) is 17.1. The van der Waals surface area contributed by atoms with Crippen molar-refractivity contribution in [1.82, 2.24) is 4.98 Å². The Hall–Kier alpha value is -2.51. The minimum absolute atomic E-state index is 0.0573. The standard InChI is InChI=1S/C17H12N2O3S2/c20-15(21)9-11-4-6-13(7-5-11)19-16(22)14(24-17(19)23)10-12-3-1-2-8-18-12/h1-8,10H,9H2,(H,20,21)/b14-10+. The van der Waals surface area contributed by atoms with E-state index in [1.165, 1.54) is 16.7 Å². The van der Waals surface area contributed by atoms with Gasteiger partial charge in [0.1, 0.15) is 0 Å². The van der Waals surface area contributed by atoms with Crippen LogP contribution in [0.5, 0.6) is 0 Å². The Labute approximate surface area is 148 Å². The van der Waals surface area contributed by atoms with Crippen molar-refractivity contribution in [1.29, 1.82) is 0 Å². The van der Waals surface area contributed by atoms with Gasteiger partial charge in [0.05, 0.1) is 22.7 Å². The van der Waals surface area contributed by atoms with E-state index in [0.29, 0.717) is 26.2 Å². The molecule has 0 radical (unpaired) electrons. The number of carboxylic acids is 1. The highest BCUT2D eigenvalue weighted by Crippen LogP contribution is 2.35. The van der Waals surface area contributed by atoms with E-state index in [1.807, 2.05) is 12.1 Å². The first kappa shape index (κ1) is 16.4. The zero-order valence-corrected chi connectivity index (χ0v) is 14.0. The zero-order valence-electron chi connectivity index (χ0n) is 12.4. The van der Waals surface area contributed by atoms with E-state index < -0.39 is 5.97 Å². The Balaban J connectivity index is 1.84. The number of carboxylic acid groups (broad SMARTS) is 1. The number of anilines is 1. The summed E-state index contributed by atoms with van der Waals surface area (Å²) in [6.07, 6.45) is 3.31. The lowest BCUT2D eigenvalue weighted by Gasteiger charge is -2.14. The largest absolute Gasteiger partial charge is 0.481 e. The lowest BCUT2D eigenvalue weighted by Crippen LogP contribution is -2.27. The predicted molar refractivity (Wildman–Crippen MR) is 97.7 cm³/mol. The van der Waals surface area contributed by atoms with Crippen molar-refractivity contribution in [2.75, 3.05) is 4.90 Å². The summed E-state index contributed by atoms with van der Waals surface area (Å²) in [5.74, 6) is -1.10. The molecule has 1 aliphatic heterocycles. The molecule has 0 atom stereocenters. The van der Waals surface area contributed by atoms with Crippen molar-refractivity contribution in [2.24, 2.45) is 0 Å². The molecule has 1 N–H and O–H groups in total. The first-order chi connectivity index (χ1) is 11.5. The lowest BCUT2D eigenvalue weighted by atomic mass is 10.1. The second-order valence-corrected chi connectivity index (χ2v) is 6.68. The number of rotatable bonds is 4. The maximum Gasteiger partial charge on any atom is 0.307 e. The number of benzene rings is 1. The van der Waals surface area contributed by atoms with Crippen LogP contribution in [0.4, 0.5) is 5.69 Å². The van der Waals surface area contributed by atoms with Crippen LogP contribution in [0.15, 0.2) is 53.6 Å². The molecule has 1 aliphatic rings. The van der Waals surface area contributed by atoms with Crippen LogP contribution in [0.25, 0.3) is 6.08 Å². The minimum atomic E-state index is -0.897. The maximum absolute atomic E-state index is 12.6. The van der Waals surface area contributed by atoms with Gasteiger partial charge >= 0.3 is 5.97 Å². The van der Waals surface area contributed by atoms with Gasteiger partial charge in [-0.25, -0.2) is 0 Å². The van der Waals surface area contributed by atoms with Gasteiger partial charge in [0, 0.05) is 6.20 Å². The van der Waals surface area contributed by atoms with E-state index in [2.05, 4.69) is 4.98 Å². The van der Waals surface area contributed by atoms with Crippen LogP contribution >= 0.6 is 24.0 Å². The normalized spacial score (nSPS) is 16.0. The molecule has 1 aromatic heterocycles. The summed E-state index contributed by atoms with van der Waals surface area (Å²) in [7, 11) is 0. The molecule has 1 amide bonds. The van der Waals surface area contributed by atoms with Crippen LogP contribution in [0.1, 0.15) is 11.3 Å². The van der Waals surface area contributed by atoms with Crippen LogP contribution in [0, 0.1) is 0 Å². The minimum Gasteiger partial charge on any atom is -0.481 e. The van der Waals surface area contributed by atoms with Crippen molar-refractivity contribution in [3.63, 3.8) is 0 Å². The number of hydrogen-bond acceptors (Lipinski definition) is 5. The van der Waals surface area contributed by atoms with E-state index in [-0.39, 0.29) is 12.3 Å². The molecule has 0 aliphatic carbocycles. The van der Waals surface area contributed by atoms with Crippen LogP contribution < -0.4 is 4.90 Å². The molecule has 1 aromatic carbocycles. The fourth-order valence-electron chi connectivity index (χ4n) is 2.22. The SMILES string of the molecule is O=C(O)Cc1ccc(N2C(=O)/C(=C\c3ccccn3)SC2=S)cc1. The molecule has 0 saturated carbocycles. The number of nitrogens with zero attached hydrogens (tertiary/aromatic N) is 2. The molecule has 0 unspecified atom stereocenters. The highest BCUT2D eigenvalue weighted by atomic mass is 32.2. The molecule has 7 heteroatoms. The Morgan fingerprint density at radius 2 is 2.00 bits per heavy atom. The second-order valence-electron chi connectivity index (χ2n) is 5.01. The highest BCUT2D eigenvalue weighted by molar-refractivity contribution is 8.27. The quantitative estimate of drug-likeness (QED) is 0.670. The third kappa shape index (κ3) is 3.52. The average Bonchev–Trinajstić information content (AvgIpc) is 2.83. The number of hydrogen-bond donors (Lipinski definition) is 1. The van der Waals surface area contributed by atoms with Crippen molar-refractivity contribution in [3.05, 3.63) is 64.8 Å². The Morgan fingerprint density at radius 1 is 1.25 bits per heavy atom. The van der Waals surface area contributed by atoms with E-state index in [0.717, 1.165) is 0 Å². The Bertz CT molecular complexity index is 833. The van der Waals surface area contributed by atoms with Gasteiger partial charge in [0.2, 0.25) is 0 Å². The lowest BCUT2D eigenvalue weighted by molar-refractivity contribution is -0.136. The van der Waals surface area contributed by atoms with Crippen LogP contribution in [0.3, 0.4) is 0 Å². The van der Waals surface area contributed by atoms with Crippen LogP contribution in [-0.4, -0.2) is 26.3 Å². The van der Waals surface area contributed by atoms with Gasteiger partial charge in [-0.2, -0.15) is 0 Å². The number of thiocarbonyl (C=S) groups is 1. The van der Waals surface area contributed by atoms with Crippen molar-refractivity contribution < 1.29 is 14.7 Å². The molecule has 24 heavy (non-hydrogen) atoms. The molecule has 120 valence electrons. The number of pyridine rings is 1. The summed E-state index contributed by atoms with van der Waals surface area (Å²) in [5.41, 5.74) is 1.98. The van der Waals surface area contributed by atoms with Crippen LogP contribution in [0.2, 0.25) is 0 Å². The third-order valence-electron chi connectivity index (χ3n) is 3.31. The van der Waals surface area contributed by atoms with Gasteiger partial charge in [0.15, 0.2) is 4.32 Å². The second kappa shape index (κ2) is 6.94. The topological polar surface area (TPSA) is 70.5 Å². The third-order valence-corrected chi connectivity index (χ3v) is 4.61. The maximum atomic E-state index is 12.6. The number of aliphatic carboxylic acids is 1. The van der Waals surface area contributed by atoms with Crippen molar-refractivity contribution in [2.45, 2.75) is 6.42 Å². The van der Waals surface area contributed by atoms with Crippen molar-refractivity contribution in [3.8, 4) is 0 Å². The smallest absolute Gasteiger partial charge is 0.307 e. The molecule has 3 rings (SSSR count). The molecular formula is C17H12N2O3S2. The van der Waals surface area contributed by atoms with E-state index in [1.54, 1.807) is 42.6 Å².